The van der Waals surface area contributed by atoms with E-state index in [4.69, 9.17) is 4.74 Å². The number of nitrogens with zero attached hydrogens (tertiary/aromatic N) is 4. The molecule has 6 nitrogen and oxygen atoms in total. The summed E-state index contributed by atoms with van der Waals surface area (Å²) in [6, 6.07) is 5.82. The van der Waals surface area contributed by atoms with Crippen molar-refractivity contribution in [1.82, 2.24) is 25.3 Å². The summed E-state index contributed by atoms with van der Waals surface area (Å²) in [7, 11) is 5.39. The molecule has 0 saturated carbocycles. The second-order valence-corrected chi connectivity index (χ2v) is 4.03. The van der Waals surface area contributed by atoms with Crippen LogP contribution >= 0.6 is 0 Å². The fourth-order valence-electron chi connectivity index (χ4n) is 1.76. The van der Waals surface area contributed by atoms with Crippen LogP contribution in [0.3, 0.4) is 0 Å². The van der Waals surface area contributed by atoms with E-state index in [2.05, 4.69) is 20.6 Å². The molecular weight excluding hydrogens is 230 g/mol. The first-order valence-corrected chi connectivity index (χ1v) is 5.76. The first-order valence-electron chi connectivity index (χ1n) is 5.76. The minimum atomic E-state index is 0.0957. The van der Waals surface area contributed by atoms with Gasteiger partial charge in [-0.05, 0) is 19.2 Å². The van der Waals surface area contributed by atoms with Gasteiger partial charge in [-0.3, -0.25) is 4.68 Å². The van der Waals surface area contributed by atoms with Crippen LogP contribution in [0.5, 0.6) is 5.88 Å². The number of methoxy groups -OCH3 is 1. The van der Waals surface area contributed by atoms with Gasteiger partial charge in [0.05, 0.1) is 24.5 Å². The van der Waals surface area contributed by atoms with E-state index in [1.807, 2.05) is 38.5 Å². The number of nitrogens with one attached hydrogen (secondary N) is 1. The number of likely N-dealkylation sites (N-methyl/N-ethyl adjacent to an activating group) is 1. The molecule has 0 aliphatic heterocycles. The lowest BCUT2D eigenvalue weighted by molar-refractivity contribution is 0.389. The Bertz CT molecular complexity index is 493. The van der Waals surface area contributed by atoms with Gasteiger partial charge in [-0.1, -0.05) is 0 Å². The molecule has 2 aromatic rings. The molecule has 2 heterocycles. The number of aryl methyl sites for hydroxylation is 1. The second-order valence-electron chi connectivity index (χ2n) is 4.03. The molecule has 0 bridgehead atoms. The van der Waals surface area contributed by atoms with E-state index in [-0.39, 0.29) is 6.04 Å². The Labute approximate surface area is 106 Å². The SMILES string of the molecule is CNC(Cc1ccn(C)n1)c1ccc(OC)nn1. The molecule has 96 valence electrons. The molecule has 0 amide bonds. The van der Waals surface area contributed by atoms with Crippen LogP contribution in [-0.2, 0) is 13.5 Å². The summed E-state index contributed by atoms with van der Waals surface area (Å²) >= 11 is 0. The topological polar surface area (TPSA) is 64.9 Å². The maximum Gasteiger partial charge on any atom is 0.233 e. The van der Waals surface area contributed by atoms with Crippen LogP contribution in [0.1, 0.15) is 17.4 Å². The quantitative estimate of drug-likeness (QED) is 0.843. The fraction of sp³-hybridized carbons (Fsp3) is 0.417. The van der Waals surface area contributed by atoms with Crippen molar-refractivity contribution in [2.45, 2.75) is 12.5 Å². The maximum absolute atomic E-state index is 4.99. The summed E-state index contributed by atoms with van der Waals surface area (Å²) in [5.41, 5.74) is 1.90. The van der Waals surface area contributed by atoms with Crippen molar-refractivity contribution in [1.29, 1.82) is 0 Å². The molecule has 1 unspecified atom stereocenters. The van der Waals surface area contributed by atoms with Gasteiger partial charge in [0.1, 0.15) is 0 Å². The van der Waals surface area contributed by atoms with Crippen LogP contribution in [0.2, 0.25) is 0 Å². The van der Waals surface area contributed by atoms with Gasteiger partial charge in [0, 0.05) is 25.7 Å². The van der Waals surface area contributed by atoms with Gasteiger partial charge >= 0.3 is 0 Å². The third-order valence-electron chi connectivity index (χ3n) is 2.76. The molecule has 6 heteroatoms. The Balaban J connectivity index is 2.12. The number of hydrogen-bond donors (Lipinski definition) is 1. The highest BCUT2D eigenvalue weighted by atomic mass is 16.5. The first kappa shape index (κ1) is 12.5. The van der Waals surface area contributed by atoms with Crippen LogP contribution in [0.4, 0.5) is 0 Å². The number of rotatable bonds is 5. The minimum absolute atomic E-state index is 0.0957. The second kappa shape index (κ2) is 5.59. The number of aromatic nitrogens is 4. The molecule has 2 aromatic heterocycles. The van der Waals surface area contributed by atoms with Crippen LogP contribution in [0, 0.1) is 0 Å². The molecule has 0 saturated heterocycles. The van der Waals surface area contributed by atoms with Crippen LogP contribution in [0.15, 0.2) is 24.4 Å². The Kier molecular flexibility index (Phi) is 3.88. The van der Waals surface area contributed by atoms with Gasteiger partial charge < -0.3 is 10.1 Å². The van der Waals surface area contributed by atoms with E-state index in [1.54, 1.807) is 11.8 Å². The third-order valence-corrected chi connectivity index (χ3v) is 2.76. The fourth-order valence-corrected chi connectivity index (χ4v) is 1.76. The molecule has 0 spiro atoms. The Morgan fingerprint density at radius 2 is 2.17 bits per heavy atom. The average molecular weight is 247 g/mol. The lowest BCUT2D eigenvalue weighted by Gasteiger charge is -2.13. The van der Waals surface area contributed by atoms with Crippen molar-refractivity contribution < 1.29 is 4.74 Å². The highest BCUT2D eigenvalue weighted by Crippen LogP contribution is 2.16. The minimum Gasteiger partial charge on any atom is -0.480 e. The summed E-state index contributed by atoms with van der Waals surface area (Å²) in [5, 5.41) is 15.7. The van der Waals surface area contributed by atoms with Crippen molar-refractivity contribution >= 4 is 0 Å². The highest BCUT2D eigenvalue weighted by molar-refractivity contribution is 5.16. The highest BCUT2D eigenvalue weighted by Gasteiger charge is 2.13. The van der Waals surface area contributed by atoms with Gasteiger partial charge in [-0.2, -0.15) is 10.2 Å². The van der Waals surface area contributed by atoms with Crippen LogP contribution in [-0.4, -0.2) is 34.1 Å². The van der Waals surface area contributed by atoms with Gasteiger partial charge in [-0.25, -0.2) is 0 Å². The Morgan fingerprint density at radius 3 is 2.67 bits per heavy atom. The Hall–Kier alpha value is -1.95. The van der Waals surface area contributed by atoms with Gasteiger partial charge in [0.15, 0.2) is 0 Å². The van der Waals surface area contributed by atoms with Gasteiger partial charge in [-0.15, -0.1) is 5.10 Å². The largest absolute Gasteiger partial charge is 0.480 e. The third kappa shape index (κ3) is 2.84. The van der Waals surface area contributed by atoms with Crippen molar-refractivity contribution in [2.24, 2.45) is 7.05 Å². The molecule has 0 aliphatic carbocycles. The maximum atomic E-state index is 4.99. The van der Waals surface area contributed by atoms with Gasteiger partial charge in [0.25, 0.3) is 0 Å². The van der Waals surface area contributed by atoms with Crippen LogP contribution in [0.25, 0.3) is 0 Å². The van der Waals surface area contributed by atoms with Crippen molar-refractivity contribution in [2.75, 3.05) is 14.2 Å². The molecule has 0 aromatic carbocycles. The van der Waals surface area contributed by atoms with E-state index in [9.17, 15) is 0 Å². The molecular formula is C12H17N5O. The summed E-state index contributed by atoms with van der Waals surface area (Å²) < 4.78 is 6.79. The summed E-state index contributed by atoms with van der Waals surface area (Å²) in [4.78, 5) is 0. The molecule has 0 aliphatic rings. The van der Waals surface area contributed by atoms with Crippen molar-refractivity contribution in [3.63, 3.8) is 0 Å². The summed E-state index contributed by atoms with van der Waals surface area (Å²) in [6.07, 6.45) is 2.71. The molecule has 2 rings (SSSR count). The van der Waals surface area contributed by atoms with E-state index in [0.29, 0.717) is 5.88 Å². The zero-order valence-corrected chi connectivity index (χ0v) is 10.8. The molecule has 18 heavy (non-hydrogen) atoms. The van der Waals surface area contributed by atoms with Crippen molar-refractivity contribution in [3.05, 3.63) is 35.8 Å². The molecule has 1 atom stereocenters. The summed E-state index contributed by atoms with van der Waals surface area (Å²) in [6.45, 7) is 0. The van der Waals surface area contributed by atoms with E-state index < -0.39 is 0 Å². The number of ether oxygens (including phenoxy) is 1. The summed E-state index contributed by atoms with van der Waals surface area (Å²) in [5.74, 6) is 0.520. The zero-order chi connectivity index (χ0) is 13.0. The van der Waals surface area contributed by atoms with E-state index in [1.165, 1.54) is 0 Å². The lowest BCUT2D eigenvalue weighted by Crippen LogP contribution is -2.20. The van der Waals surface area contributed by atoms with Crippen LogP contribution < -0.4 is 10.1 Å². The van der Waals surface area contributed by atoms with E-state index in [0.717, 1.165) is 17.8 Å². The first-order chi connectivity index (χ1) is 8.72. The van der Waals surface area contributed by atoms with Gasteiger partial charge in [0.2, 0.25) is 5.88 Å². The standard InChI is InChI=1S/C12H17N5O/c1-13-11(8-9-6-7-17(2)16-9)10-4-5-12(18-3)15-14-10/h4-7,11,13H,8H2,1-3H3. The average Bonchev–Trinajstić information content (AvgIpc) is 2.82. The Morgan fingerprint density at radius 1 is 1.33 bits per heavy atom. The van der Waals surface area contributed by atoms with E-state index >= 15 is 0 Å². The predicted molar refractivity (Wildman–Crippen MR) is 67.3 cm³/mol. The molecule has 1 N–H and O–H groups in total. The lowest BCUT2D eigenvalue weighted by atomic mass is 10.1. The molecule has 0 radical (unpaired) electrons. The smallest absolute Gasteiger partial charge is 0.233 e. The predicted octanol–water partition coefficient (Wildman–Crippen LogP) is 0.722. The van der Waals surface area contributed by atoms with Crippen molar-refractivity contribution in [3.8, 4) is 5.88 Å². The zero-order valence-electron chi connectivity index (χ0n) is 10.8. The normalized spacial score (nSPS) is 12.4. The number of hydrogen-bond acceptors (Lipinski definition) is 5. The molecule has 0 fully saturated rings. The monoisotopic (exact) mass is 247 g/mol.